The van der Waals surface area contributed by atoms with Gasteiger partial charge in [-0.3, -0.25) is 14.4 Å². The molecule has 44 heavy (non-hydrogen) atoms. The van der Waals surface area contributed by atoms with Gasteiger partial charge in [0.1, 0.15) is 6.10 Å². The SMILES string of the molecule is CCCCCCCCCCCCC1(C(=O)NC2CCCCC2C(CNC(=O)C2OC(C)(C)OCC2(C)C)C(=O)O)CCCC1. The largest absolute Gasteiger partial charge is 0.481 e. The number of amides is 2. The maximum Gasteiger partial charge on any atom is 0.308 e. The molecule has 3 fully saturated rings. The molecule has 0 aromatic carbocycles. The van der Waals surface area contributed by atoms with Crippen molar-refractivity contribution >= 4 is 17.8 Å². The molecule has 0 spiro atoms. The minimum atomic E-state index is -0.926. The van der Waals surface area contributed by atoms with Crippen LogP contribution < -0.4 is 10.6 Å². The molecule has 254 valence electrons. The second kappa shape index (κ2) is 17.3. The summed E-state index contributed by atoms with van der Waals surface area (Å²) in [5.74, 6) is -2.98. The summed E-state index contributed by atoms with van der Waals surface area (Å²) in [5.41, 5.74) is -0.850. The standard InChI is InChI=1S/C36H64N2O6/c1-6-7-8-9-10-11-12-13-14-17-22-36(23-18-19-24-36)33(42)38-29-21-16-15-20-27(29)28(32(40)41)25-37-31(39)30-34(2,3)26-43-35(4,5)44-30/h27-30H,6-26H2,1-5H3,(H,37,39)(H,38,42)(H,40,41). The first-order valence-electron chi connectivity index (χ1n) is 18.0. The van der Waals surface area contributed by atoms with Crippen molar-refractivity contribution in [3.05, 3.63) is 0 Å². The lowest BCUT2D eigenvalue weighted by atomic mass is 9.74. The van der Waals surface area contributed by atoms with E-state index in [2.05, 4.69) is 17.6 Å². The van der Waals surface area contributed by atoms with E-state index < -0.39 is 29.2 Å². The number of ether oxygens (including phenoxy) is 2. The van der Waals surface area contributed by atoms with E-state index in [1.54, 1.807) is 13.8 Å². The fourth-order valence-electron chi connectivity index (χ4n) is 7.78. The zero-order valence-corrected chi connectivity index (χ0v) is 28.6. The lowest BCUT2D eigenvalue weighted by Gasteiger charge is -2.45. The monoisotopic (exact) mass is 620 g/mol. The molecular formula is C36H64N2O6. The van der Waals surface area contributed by atoms with Gasteiger partial charge in [0.2, 0.25) is 11.8 Å². The summed E-state index contributed by atoms with van der Waals surface area (Å²) >= 11 is 0. The number of rotatable bonds is 18. The summed E-state index contributed by atoms with van der Waals surface area (Å²) in [6, 6.07) is -0.186. The van der Waals surface area contributed by atoms with Gasteiger partial charge in [-0.15, -0.1) is 0 Å². The zero-order valence-electron chi connectivity index (χ0n) is 28.6. The van der Waals surface area contributed by atoms with Gasteiger partial charge in [-0.2, -0.15) is 0 Å². The molecule has 0 aromatic heterocycles. The van der Waals surface area contributed by atoms with Gasteiger partial charge in [-0.05, 0) is 51.9 Å². The Kier molecular flexibility index (Phi) is 14.5. The number of aliphatic carboxylic acids is 1. The molecular weight excluding hydrogens is 556 g/mol. The van der Waals surface area contributed by atoms with Crippen LogP contribution in [-0.4, -0.2) is 54.0 Å². The molecule has 1 heterocycles. The molecule has 2 aliphatic carbocycles. The minimum Gasteiger partial charge on any atom is -0.481 e. The molecule has 2 amide bonds. The van der Waals surface area contributed by atoms with Crippen LogP contribution in [0.5, 0.6) is 0 Å². The van der Waals surface area contributed by atoms with E-state index in [9.17, 15) is 19.5 Å². The second-order valence-corrected chi connectivity index (χ2v) is 15.3. The Balaban J connectivity index is 1.54. The summed E-state index contributed by atoms with van der Waals surface area (Å²) in [6.45, 7) is 10.1. The van der Waals surface area contributed by atoms with E-state index in [1.807, 2.05) is 13.8 Å². The molecule has 4 atom stereocenters. The first-order chi connectivity index (χ1) is 20.9. The summed E-state index contributed by atoms with van der Waals surface area (Å²) in [6.07, 6.45) is 20.5. The smallest absolute Gasteiger partial charge is 0.308 e. The highest BCUT2D eigenvalue weighted by molar-refractivity contribution is 5.84. The third-order valence-electron chi connectivity index (χ3n) is 10.7. The lowest BCUT2D eigenvalue weighted by molar-refractivity contribution is -0.304. The number of unbranched alkanes of at least 4 members (excludes halogenated alkanes) is 9. The van der Waals surface area contributed by atoms with Crippen LogP contribution in [0.4, 0.5) is 0 Å². The first kappa shape index (κ1) is 36.8. The predicted octanol–water partition coefficient (Wildman–Crippen LogP) is 7.53. The Morgan fingerprint density at radius 2 is 1.43 bits per heavy atom. The van der Waals surface area contributed by atoms with Gasteiger partial charge < -0.3 is 25.2 Å². The maximum atomic E-state index is 13.9. The molecule has 4 unspecified atom stereocenters. The normalized spacial score (nSPS) is 26.5. The van der Waals surface area contributed by atoms with Crippen LogP contribution in [0.3, 0.4) is 0 Å². The topological polar surface area (TPSA) is 114 Å². The Hall–Kier alpha value is -1.67. The highest BCUT2D eigenvalue weighted by Gasteiger charge is 2.47. The molecule has 8 heteroatoms. The van der Waals surface area contributed by atoms with Crippen LogP contribution >= 0.6 is 0 Å². The van der Waals surface area contributed by atoms with E-state index in [0.717, 1.165) is 64.2 Å². The number of carbonyl (C=O) groups is 3. The molecule has 0 aromatic rings. The zero-order chi connectivity index (χ0) is 32.2. The molecule has 1 saturated heterocycles. The summed E-state index contributed by atoms with van der Waals surface area (Å²) in [4.78, 5) is 39.8. The van der Waals surface area contributed by atoms with Crippen LogP contribution in [-0.2, 0) is 23.9 Å². The highest BCUT2D eigenvalue weighted by Crippen LogP contribution is 2.44. The van der Waals surface area contributed by atoms with Crippen molar-refractivity contribution < 1.29 is 29.0 Å². The van der Waals surface area contributed by atoms with Crippen LogP contribution in [0.2, 0.25) is 0 Å². The average molecular weight is 621 g/mol. The molecule has 1 aliphatic heterocycles. The summed E-state index contributed by atoms with van der Waals surface area (Å²) in [7, 11) is 0. The number of hydrogen-bond acceptors (Lipinski definition) is 5. The Labute approximate surface area is 267 Å². The molecule has 3 rings (SSSR count). The van der Waals surface area contributed by atoms with Crippen LogP contribution in [0, 0.1) is 22.7 Å². The maximum absolute atomic E-state index is 13.9. The molecule has 2 saturated carbocycles. The van der Waals surface area contributed by atoms with E-state index in [1.165, 1.54) is 57.8 Å². The summed E-state index contributed by atoms with van der Waals surface area (Å²) < 4.78 is 11.7. The van der Waals surface area contributed by atoms with Crippen LogP contribution in [0.1, 0.15) is 157 Å². The molecule has 0 radical (unpaired) electrons. The van der Waals surface area contributed by atoms with Crippen LogP contribution in [0.25, 0.3) is 0 Å². The van der Waals surface area contributed by atoms with E-state index >= 15 is 0 Å². The Bertz CT molecular complexity index is 912. The molecule has 8 nitrogen and oxygen atoms in total. The van der Waals surface area contributed by atoms with Crippen molar-refractivity contribution in [2.24, 2.45) is 22.7 Å². The van der Waals surface area contributed by atoms with Crippen molar-refractivity contribution in [3.63, 3.8) is 0 Å². The first-order valence-corrected chi connectivity index (χ1v) is 18.0. The van der Waals surface area contributed by atoms with Crippen molar-refractivity contribution in [1.82, 2.24) is 10.6 Å². The van der Waals surface area contributed by atoms with Gasteiger partial charge in [0, 0.05) is 23.4 Å². The van der Waals surface area contributed by atoms with Crippen molar-refractivity contribution in [2.75, 3.05) is 13.2 Å². The van der Waals surface area contributed by atoms with Gasteiger partial charge >= 0.3 is 5.97 Å². The van der Waals surface area contributed by atoms with Crippen molar-refractivity contribution in [1.29, 1.82) is 0 Å². The minimum absolute atomic E-state index is 0.0200. The fraction of sp³-hybridized carbons (Fsp3) is 0.917. The molecule has 3 N–H and O–H groups in total. The number of hydrogen-bond donors (Lipinski definition) is 3. The van der Waals surface area contributed by atoms with Gasteiger partial charge in [0.25, 0.3) is 0 Å². The summed E-state index contributed by atoms with van der Waals surface area (Å²) in [5, 5.41) is 16.6. The van der Waals surface area contributed by atoms with E-state index in [0.29, 0.717) is 6.61 Å². The quantitative estimate of drug-likeness (QED) is 0.137. The van der Waals surface area contributed by atoms with Gasteiger partial charge in [-0.25, -0.2) is 0 Å². The van der Waals surface area contributed by atoms with Gasteiger partial charge in [-0.1, -0.05) is 111 Å². The average Bonchev–Trinajstić information content (AvgIpc) is 3.46. The number of carbonyl (C=O) groups excluding carboxylic acids is 2. The molecule has 0 bridgehead atoms. The number of carboxylic acids is 1. The van der Waals surface area contributed by atoms with Crippen molar-refractivity contribution in [3.8, 4) is 0 Å². The Morgan fingerprint density at radius 3 is 2.05 bits per heavy atom. The van der Waals surface area contributed by atoms with Gasteiger partial charge in [0.05, 0.1) is 12.5 Å². The lowest BCUT2D eigenvalue weighted by Crippen LogP contribution is -2.57. The van der Waals surface area contributed by atoms with Crippen LogP contribution in [0.15, 0.2) is 0 Å². The highest BCUT2D eigenvalue weighted by atomic mass is 16.7. The number of nitrogens with one attached hydrogen (secondary N) is 2. The van der Waals surface area contributed by atoms with Crippen molar-refractivity contribution in [2.45, 2.75) is 175 Å². The predicted molar refractivity (Wildman–Crippen MR) is 174 cm³/mol. The number of carboxylic acid groups (broad SMARTS) is 1. The third-order valence-corrected chi connectivity index (χ3v) is 10.7. The molecule has 3 aliphatic rings. The second-order valence-electron chi connectivity index (χ2n) is 15.3. The third kappa shape index (κ3) is 10.7. The fourth-order valence-corrected chi connectivity index (χ4v) is 7.78. The van der Waals surface area contributed by atoms with E-state index in [4.69, 9.17) is 9.47 Å². The van der Waals surface area contributed by atoms with Gasteiger partial charge in [0.15, 0.2) is 5.79 Å². The van der Waals surface area contributed by atoms with E-state index in [-0.39, 0.29) is 35.7 Å². The Morgan fingerprint density at radius 1 is 0.841 bits per heavy atom.